The van der Waals surface area contributed by atoms with Crippen molar-refractivity contribution in [1.82, 2.24) is 0 Å². The molecule has 5 aliphatic heterocycles. The van der Waals surface area contributed by atoms with Crippen molar-refractivity contribution in [3.8, 4) is 0 Å². The molecule has 0 radical (unpaired) electrons. The first-order chi connectivity index (χ1) is 7.40. The Morgan fingerprint density at radius 2 is 1.00 bits per heavy atom. The fourth-order valence-electron chi connectivity index (χ4n) is 3.94. The Balaban J connectivity index is 0.0000000971. The van der Waals surface area contributed by atoms with Crippen LogP contribution < -0.4 is 9.80 Å². The van der Waals surface area contributed by atoms with E-state index in [1.807, 2.05) is 9.80 Å². The zero-order valence-electron chi connectivity index (χ0n) is 9.93. The van der Waals surface area contributed by atoms with Crippen molar-refractivity contribution in [2.75, 3.05) is 39.3 Å². The van der Waals surface area contributed by atoms with E-state index in [1.165, 1.54) is 71.4 Å². The van der Waals surface area contributed by atoms with Crippen molar-refractivity contribution in [2.24, 2.45) is 11.8 Å². The fraction of sp³-hybridized carbons (Fsp3) is 1.00. The van der Waals surface area contributed by atoms with E-state index in [2.05, 4.69) is 0 Å². The van der Waals surface area contributed by atoms with E-state index in [4.69, 9.17) is 0 Å². The Hall–Kier alpha value is -0.0800. The summed E-state index contributed by atoms with van der Waals surface area (Å²) in [5.41, 5.74) is 0. The van der Waals surface area contributed by atoms with E-state index in [-0.39, 0.29) is 0 Å². The highest BCUT2D eigenvalue weighted by molar-refractivity contribution is 4.67. The highest BCUT2D eigenvalue weighted by atomic mass is 15.2. The van der Waals surface area contributed by atoms with Gasteiger partial charge in [-0.05, 0) is 25.2 Å². The molecule has 0 aromatic carbocycles. The molecule has 0 spiro atoms. The molecule has 0 aromatic heterocycles. The van der Waals surface area contributed by atoms with Gasteiger partial charge in [0.1, 0.15) is 0 Å². The van der Waals surface area contributed by atoms with Crippen LogP contribution in [-0.4, -0.2) is 39.3 Å². The molecule has 5 fully saturated rings. The van der Waals surface area contributed by atoms with Crippen LogP contribution in [0.2, 0.25) is 0 Å². The largest absolute Gasteiger partial charge is 0.335 e. The molecular weight excluding hydrogens is 184 g/mol. The Labute approximate surface area is 93.6 Å². The molecule has 5 heterocycles. The summed E-state index contributed by atoms with van der Waals surface area (Å²) in [6.07, 6.45) is 7.62. The highest BCUT2D eigenvalue weighted by Crippen LogP contribution is 2.16. The van der Waals surface area contributed by atoms with Gasteiger partial charge in [0.15, 0.2) is 0 Å². The molecule has 0 aliphatic carbocycles. The van der Waals surface area contributed by atoms with Gasteiger partial charge in [0.25, 0.3) is 0 Å². The predicted molar refractivity (Wildman–Crippen MR) is 61.2 cm³/mol. The molecule has 0 atom stereocenters. The molecule has 5 saturated heterocycles. The second kappa shape index (κ2) is 4.42. The number of rotatable bonds is 0. The minimum atomic E-state index is 1.13. The lowest BCUT2D eigenvalue weighted by molar-refractivity contribution is -0.916. The molecule has 4 bridgehead atoms. The number of nitrogens with one attached hydrogen (secondary N) is 2. The van der Waals surface area contributed by atoms with Crippen LogP contribution in [0.3, 0.4) is 0 Å². The van der Waals surface area contributed by atoms with Crippen molar-refractivity contribution in [2.45, 2.75) is 32.1 Å². The lowest BCUT2D eigenvalue weighted by atomic mass is 9.89. The summed E-state index contributed by atoms with van der Waals surface area (Å²) in [6.45, 7) is 8.88. The Kier molecular flexibility index (Phi) is 2.98. The number of hydrogen-bond donors (Lipinski definition) is 2. The van der Waals surface area contributed by atoms with E-state index in [1.54, 1.807) is 0 Å². The van der Waals surface area contributed by atoms with Gasteiger partial charge < -0.3 is 9.80 Å². The van der Waals surface area contributed by atoms with Crippen molar-refractivity contribution < 1.29 is 9.80 Å². The summed E-state index contributed by atoms with van der Waals surface area (Å²) in [5, 5.41) is 0. The second-order valence-electron chi connectivity index (χ2n) is 6.13. The van der Waals surface area contributed by atoms with Crippen molar-refractivity contribution >= 4 is 0 Å². The number of quaternary nitrogens is 2. The quantitative estimate of drug-likeness (QED) is 0.506. The average molecular weight is 210 g/mol. The molecule has 2 N–H and O–H groups in total. The summed E-state index contributed by atoms with van der Waals surface area (Å²) in [5.74, 6) is 2.27. The first-order valence-electron chi connectivity index (χ1n) is 7.07. The second-order valence-corrected chi connectivity index (χ2v) is 6.13. The minimum absolute atomic E-state index is 1.13. The molecule has 2 nitrogen and oxygen atoms in total. The maximum atomic E-state index is 1.87. The van der Waals surface area contributed by atoms with Crippen LogP contribution >= 0.6 is 0 Å². The average Bonchev–Trinajstić information content (AvgIpc) is 2.97. The zero-order valence-corrected chi connectivity index (χ0v) is 9.93. The Bertz CT molecular complexity index is 168. The third-order valence-electron chi connectivity index (χ3n) is 5.11. The Morgan fingerprint density at radius 1 is 0.533 bits per heavy atom. The first kappa shape index (κ1) is 10.1. The van der Waals surface area contributed by atoms with Crippen LogP contribution in [0.5, 0.6) is 0 Å². The van der Waals surface area contributed by atoms with E-state index < -0.39 is 0 Å². The van der Waals surface area contributed by atoms with Crippen molar-refractivity contribution in [3.63, 3.8) is 0 Å². The summed E-state index contributed by atoms with van der Waals surface area (Å²) < 4.78 is 0. The van der Waals surface area contributed by atoms with Gasteiger partial charge in [-0.15, -0.1) is 0 Å². The molecule has 5 rings (SSSR count). The maximum Gasteiger partial charge on any atom is 0.0803 e. The van der Waals surface area contributed by atoms with E-state index in [0.717, 1.165) is 11.8 Å². The van der Waals surface area contributed by atoms with Crippen LogP contribution in [-0.2, 0) is 0 Å². The molecular formula is C13H26N2+2. The molecule has 0 unspecified atom stereocenters. The normalized spacial score (nSPS) is 46.4. The standard InChI is InChI=1S/C7H13N.C6H11N/c1-4-8-5-2-7(1)3-6-8;1-3-7-4-2-6(1)5-7/h7H,1-6H2;6H,1-5H2/p+2. The van der Waals surface area contributed by atoms with Gasteiger partial charge in [0.05, 0.1) is 39.3 Å². The summed E-state index contributed by atoms with van der Waals surface area (Å²) in [4.78, 5) is 3.73. The lowest BCUT2D eigenvalue weighted by Gasteiger charge is -2.35. The summed E-state index contributed by atoms with van der Waals surface area (Å²) in [6, 6.07) is 0. The zero-order chi connectivity index (χ0) is 10.1. The van der Waals surface area contributed by atoms with E-state index in [9.17, 15) is 0 Å². The monoisotopic (exact) mass is 210 g/mol. The summed E-state index contributed by atoms with van der Waals surface area (Å²) >= 11 is 0. The minimum Gasteiger partial charge on any atom is -0.335 e. The van der Waals surface area contributed by atoms with Gasteiger partial charge in [-0.1, -0.05) is 0 Å². The third-order valence-corrected chi connectivity index (χ3v) is 5.11. The molecule has 5 aliphatic rings. The number of hydrogen-bond acceptors (Lipinski definition) is 0. The SMILES string of the molecule is C1C[NH+]2CCC1C2.C1C[NH+]2CCC1CC2. The van der Waals surface area contributed by atoms with Crippen LogP contribution in [0.15, 0.2) is 0 Å². The van der Waals surface area contributed by atoms with Gasteiger partial charge in [-0.3, -0.25) is 0 Å². The number of piperidine rings is 4. The van der Waals surface area contributed by atoms with Gasteiger partial charge in [0.2, 0.25) is 0 Å². The lowest BCUT2D eigenvalue weighted by Crippen LogP contribution is -3.14. The van der Waals surface area contributed by atoms with Crippen LogP contribution in [0.1, 0.15) is 32.1 Å². The van der Waals surface area contributed by atoms with Crippen LogP contribution in [0.4, 0.5) is 0 Å². The predicted octanol–water partition coefficient (Wildman–Crippen LogP) is -1.02. The molecule has 86 valence electrons. The molecule has 0 aromatic rings. The van der Waals surface area contributed by atoms with Crippen LogP contribution in [0.25, 0.3) is 0 Å². The molecule has 0 saturated carbocycles. The fourth-order valence-corrected chi connectivity index (χ4v) is 3.94. The van der Waals surface area contributed by atoms with Crippen molar-refractivity contribution in [1.29, 1.82) is 0 Å². The number of fused-ring (bicyclic) bond motifs is 5. The molecule has 0 amide bonds. The topological polar surface area (TPSA) is 8.88 Å². The van der Waals surface area contributed by atoms with Gasteiger partial charge in [-0.2, -0.15) is 0 Å². The first-order valence-corrected chi connectivity index (χ1v) is 7.07. The third kappa shape index (κ3) is 2.36. The maximum absolute atomic E-state index is 1.87. The van der Waals surface area contributed by atoms with E-state index >= 15 is 0 Å². The smallest absolute Gasteiger partial charge is 0.0803 e. The van der Waals surface area contributed by atoms with Gasteiger partial charge in [-0.25, -0.2) is 0 Å². The summed E-state index contributed by atoms with van der Waals surface area (Å²) in [7, 11) is 0. The highest BCUT2D eigenvalue weighted by Gasteiger charge is 2.32. The van der Waals surface area contributed by atoms with Gasteiger partial charge >= 0.3 is 0 Å². The van der Waals surface area contributed by atoms with Crippen molar-refractivity contribution in [3.05, 3.63) is 0 Å². The molecule has 15 heavy (non-hydrogen) atoms. The molecule has 2 heteroatoms. The van der Waals surface area contributed by atoms with E-state index in [0.29, 0.717) is 0 Å². The van der Waals surface area contributed by atoms with Gasteiger partial charge in [0, 0.05) is 18.8 Å². The Morgan fingerprint density at radius 3 is 1.13 bits per heavy atom. The van der Waals surface area contributed by atoms with Crippen LogP contribution in [0, 0.1) is 11.8 Å².